The number of hydrogen-bond acceptors (Lipinski definition) is 4. The van der Waals surface area contributed by atoms with Crippen LogP contribution in [0.5, 0.6) is 0 Å². The maximum absolute atomic E-state index is 13.2. The minimum atomic E-state index is -0.447. The van der Waals surface area contributed by atoms with Gasteiger partial charge in [0.05, 0.1) is 12.0 Å². The highest BCUT2D eigenvalue weighted by molar-refractivity contribution is 5.91. The molecule has 0 unspecified atom stereocenters. The summed E-state index contributed by atoms with van der Waals surface area (Å²) in [6.45, 7) is 4.21. The zero-order valence-electron chi connectivity index (χ0n) is 15.2. The summed E-state index contributed by atoms with van der Waals surface area (Å²) in [6, 6.07) is 9.48. The van der Waals surface area contributed by atoms with Gasteiger partial charge in [-0.2, -0.15) is 5.10 Å². The van der Waals surface area contributed by atoms with Crippen LogP contribution in [-0.4, -0.2) is 58.2 Å². The van der Waals surface area contributed by atoms with Crippen molar-refractivity contribution >= 4 is 5.91 Å². The highest BCUT2D eigenvalue weighted by Gasteiger charge is 2.53. The summed E-state index contributed by atoms with van der Waals surface area (Å²) in [5.74, 6) is -0.114. The lowest BCUT2D eigenvalue weighted by Crippen LogP contribution is -2.52. The number of amides is 1. The predicted octanol–water partition coefficient (Wildman–Crippen LogP) is 1.26. The molecule has 1 aliphatic carbocycles. The maximum Gasteiger partial charge on any atom is 0.266 e. The topological polar surface area (TPSA) is 58.4 Å². The Morgan fingerprint density at radius 3 is 2.37 bits per heavy atom. The summed E-state index contributed by atoms with van der Waals surface area (Å²) in [6.07, 6.45) is 3.28. The number of hydrogen-bond donors (Lipinski definition) is 0. The molecule has 1 amide bonds. The van der Waals surface area contributed by atoms with Crippen molar-refractivity contribution < 1.29 is 9.18 Å². The molecule has 7 heteroatoms. The minimum Gasteiger partial charge on any atom is -0.339 e. The van der Waals surface area contributed by atoms with Crippen LogP contribution < -0.4 is 5.56 Å². The maximum atomic E-state index is 13.2. The van der Waals surface area contributed by atoms with Gasteiger partial charge < -0.3 is 4.90 Å². The van der Waals surface area contributed by atoms with Crippen molar-refractivity contribution in [3.8, 4) is 0 Å². The smallest absolute Gasteiger partial charge is 0.266 e. The van der Waals surface area contributed by atoms with E-state index in [0.29, 0.717) is 19.6 Å². The van der Waals surface area contributed by atoms with Gasteiger partial charge in [-0.15, -0.1) is 0 Å². The summed E-state index contributed by atoms with van der Waals surface area (Å²) in [5, 5.41) is 4.07. The fourth-order valence-electron chi connectivity index (χ4n) is 3.79. The molecule has 0 bridgehead atoms. The van der Waals surface area contributed by atoms with Gasteiger partial charge in [-0.3, -0.25) is 14.5 Å². The van der Waals surface area contributed by atoms with Crippen LogP contribution in [0.4, 0.5) is 4.39 Å². The predicted molar refractivity (Wildman–Crippen MR) is 98.8 cm³/mol. The molecule has 2 fully saturated rings. The number of halogens is 1. The van der Waals surface area contributed by atoms with Crippen molar-refractivity contribution in [2.45, 2.75) is 24.8 Å². The molecule has 27 heavy (non-hydrogen) atoms. The van der Waals surface area contributed by atoms with Crippen LogP contribution in [-0.2, 0) is 16.8 Å². The molecular weight excluding hydrogens is 347 g/mol. The van der Waals surface area contributed by atoms with Gasteiger partial charge >= 0.3 is 0 Å². The quantitative estimate of drug-likeness (QED) is 0.795. The molecule has 1 aromatic heterocycles. The average Bonchev–Trinajstić information content (AvgIpc) is 3.50. The highest BCUT2D eigenvalue weighted by Crippen LogP contribution is 2.49. The van der Waals surface area contributed by atoms with Gasteiger partial charge in [0, 0.05) is 45.0 Å². The molecule has 6 nitrogen and oxygen atoms in total. The first-order chi connectivity index (χ1) is 13.1. The summed E-state index contributed by atoms with van der Waals surface area (Å²) >= 11 is 0. The fourth-order valence-corrected chi connectivity index (χ4v) is 3.79. The van der Waals surface area contributed by atoms with Crippen LogP contribution in [0.25, 0.3) is 0 Å². The molecule has 0 atom stereocenters. The van der Waals surface area contributed by atoms with Crippen molar-refractivity contribution in [1.29, 1.82) is 0 Å². The number of aromatic nitrogens is 2. The zero-order valence-corrected chi connectivity index (χ0v) is 15.2. The van der Waals surface area contributed by atoms with E-state index in [1.165, 1.54) is 22.9 Å². The molecule has 2 heterocycles. The summed E-state index contributed by atoms with van der Waals surface area (Å²) in [7, 11) is 0. The Hall–Kier alpha value is -2.54. The second kappa shape index (κ2) is 7.23. The summed E-state index contributed by atoms with van der Waals surface area (Å²) < 4.78 is 14.7. The average molecular weight is 370 g/mol. The van der Waals surface area contributed by atoms with E-state index < -0.39 is 5.41 Å². The summed E-state index contributed by atoms with van der Waals surface area (Å²) in [4.78, 5) is 29.0. The van der Waals surface area contributed by atoms with Crippen LogP contribution >= 0.6 is 0 Å². The zero-order chi connectivity index (χ0) is 18.9. The molecule has 1 saturated carbocycles. The third-order valence-electron chi connectivity index (χ3n) is 5.63. The first-order valence-electron chi connectivity index (χ1n) is 9.38. The van der Waals surface area contributed by atoms with E-state index in [1.54, 1.807) is 24.4 Å². The van der Waals surface area contributed by atoms with Crippen molar-refractivity contribution in [1.82, 2.24) is 19.6 Å². The van der Waals surface area contributed by atoms with E-state index in [4.69, 9.17) is 0 Å². The SMILES string of the molecule is O=C(N1CCN(CCn2ncccc2=O)CC1)C1(c2ccc(F)cc2)CC1. The summed E-state index contributed by atoms with van der Waals surface area (Å²) in [5.41, 5.74) is 0.379. The van der Waals surface area contributed by atoms with Gasteiger partial charge in [-0.25, -0.2) is 9.07 Å². The van der Waals surface area contributed by atoms with Crippen LogP contribution in [0.1, 0.15) is 18.4 Å². The lowest BCUT2D eigenvalue weighted by Gasteiger charge is -2.36. The van der Waals surface area contributed by atoms with E-state index in [0.717, 1.165) is 38.0 Å². The van der Waals surface area contributed by atoms with E-state index in [-0.39, 0.29) is 17.3 Å². The number of nitrogens with zero attached hydrogens (tertiary/aromatic N) is 4. The Morgan fingerprint density at radius 2 is 1.74 bits per heavy atom. The number of benzene rings is 1. The van der Waals surface area contributed by atoms with Crippen molar-refractivity contribution in [3.05, 3.63) is 64.3 Å². The third kappa shape index (κ3) is 3.64. The molecule has 142 valence electrons. The van der Waals surface area contributed by atoms with Gasteiger partial charge in [0.1, 0.15) is 5.82 Å². The standard InChI is InChI=1S/C20H23FN4O2/c21-17-5-3-16(4-6-17)20(7-8-20)19(27)24-13-10-23(11-14-24)12-15-25-18(26)2-1-9-22-25/h1-6,9H,7-8,10-15H2. The number of rotatable bonds is 5. The van der Waals surface area contributed by atoms with Crippen LogP contribution in [0, 0.1) is 5.82 Å². The Kier molecular flexibility index (Phi) is 4.78. The van der Waals surface area contributed by atoms with E-state index >= 15 is 0 Å². The van der Waals surface area contributed by atoms with Gasteiger partial charge in [0.25, 0.3) is 5.56 Å². The Balaban J connectivity index is 1.32. The lowest BCUT2D eigenvalue weighted by atomic mass is 9.94. The molecule has 1 aliphatic heterocycles. The third-order valence-corrected chi connectivity index (χ3v) is 5.63. The molecule has 0 spiro atoms. The van der Waals surface area contributed by atoms with Crippen molar-refractivity contribution in [2.24, 2.45) is 0 Å². The van der Waals surface area contributed by atoms with Gasteiger partial charge in [0.2, 0.25) is 5.91 Å². The molecule has 4 rings (SSSR count). The molecule has 1 saturated heterocycles. The molecule has 0 N–H and O–H groups in total. The Morgan fingerprint density at radius 1 is 1.04 bits per heavy atom. The number of carbonyl (C=O) groups excluding carboxylic acids is 1. The first kappa shape index (κ1) is 17.9. The molecule has 0 radical (unpaired) electrons. The normalized spacial score (nSPS) is 19.1. The van der Waals surface area contributed by atoms with E-state index in [9.17, 15) is 14.0 Å². The van der Waals surface area contributed by atoms with E-state index in [2.05, 4.69) is 10.00 Å². The van der Waals surface area contributed by atoms with E-state index in [1.807, 2.05) is 4.90 Å². The second-order valence-electron chi connectivity index (χ2n) is 7.31. The van der Waals surface area contributed by atoms with Crippen molar-refractivity contribution in [3.63, 3.8) is 0 Å². The van der Waals surface area contributed by atoms with Gasteiger partial charge in [-0.1, -0.05) is 12.1 Å². The first-order valence-corrected chi connectivity index (χ1v) is 9.38. The van der Waals surface area contributed by atoms with Crippen LogP contribution in [0.2, 0.25) is 0 Å². The van der Waals surface area contributed by atoms with Crippen LogP contribution in [0.3, 0.4) is 0 Å². The Bertz CT molecular complexity index is 868. The molecule has 2 aromatic rings. The largest absolute Gasteiger partial charge is 0.339 e. The molecular formula is C20H23FN4O2. The Labute approximate surface area is 157 Å². The van der Waals surface area contributed by atoms with Gasteiger partial charge in [-0.05, 0) is 36.6 Å². The lowest BCUT2D eigenvalue weighted by molar-refractivity contribution is -0.135. The minimum absolute atomic E-state index is 0.0960. The fraction of sp³-hybridized carbons (Fsp3) is 0.450. The monoisotopic (exact) mass is 370 g/mol. The molecule has 1 aromatic carbocycles. The second-order valence-corrected chi connectivity index (χ2v) is 7.31. The van der Waals surface area contributed by atoms with Crippen LogP contribution in [0.15, 0.2) is 47.4 Å². The molecule has 2 aliphatic rings. The van der Waals surface area contributed by atoms with Crippen molar-refractivity contribution in [2.75, 3.05) is 32.7 Å². The number of carbonyl (C=O) groups is 1. The van der Waals surface area contributed by atoms with Gasteiger partial charge in [0.15, 0.2) is 0 Å². The number of piperazine rings is 1. The highest BCUT2D eigenvalue weighted by atomic mass is 19.1.